The van der Waals surface area contributed by atoms with Gasteiger partial charge in [-0.05, 0) is 32.9 Å². The monoisotopic (exact) mass is 211 g/mol. The van der Waals surface area contributed by atoms with Gasteiger partial charge in [0.15, 0.2) is 0 Å². The predicted octanol–water partition coefficient (Wildman–Crippen LogP) is 0.814. The highest BCUT2D eigenvalue weighted by Crippen LogP contribution is 2.24. The van der Waals surface area contributed by atoms with Crippen LogP contribution < -0.4 is 5.43 Å². The van der Waals surface area contributed by atoms with Gasteiger partial charge in [-0.15, -0.1) is 0 Å². The second-order valence-electron chi connectivity index (χ2n) is 3.99. The lowest BCUT2D eigenvalue weighted by atomic mass is 9.87. The van der Waals surface area contributed by atoms with E-state index < -0.39 is 6.09 Å². The average Bonchev–Trinajstić information content (AvgIpc) is 2.28. The molecule has 3 fully saturated rings. The van der Waals surface area contributed by atoms with Crippen molar-refractivity contribution in [3.63, 3.8) is 0 Å². The fourth-order valence-corrected chi connectivity index (χ4v) is 2.19. The number of rotatable bonds is 2. The third-order valence-electron chi connectivity index (χ3n) is 3.01. The van der Waals surface area contributed by atoms with Crippen LogP contribution in [0.2, 0.25) is 0 Å². The van der Waals surface area contributed by atoms with E-state index in [2.05, 4.69) is 15.4 Å². The highest BCUT2D eigenvalue weighted by Gasteiger charge is 2.30. The van der Waals surface area contributed by atoms with Crippen molar-refractivity contribution in [3.05, 3.63) is 0 Å². The molecule has 3 saturated heterocycles. The van der Waals surface area contributed by atoms with Crippen LogP contribution in [0.4, 0.5) is 4.79 Å². The van der Waals surface area contributed by atoms with E-state index in [1.807, 2.05) is 0 Å². The second-order valence-corrected chi connectivity index (χ2v) is 3.99. The maximum atomic E-state index is 11.0. The fourth-order valence-electron chi connectivity index (χ4n) is 2.19. The van der Waals surface area contributed by atoms with Crippen LogP contribution in [0.5, 0.6) is 0 Å². The molecule has 0 aromatic heterocycles. The molecule has 3 heterocycles. The molecule has 0 aromatic carbocycles. The minimum atomic E-state index is -0.457. The molecule has 1 N–H and O–H groups in total. The van der Waals surface area contributed by atoms with Gasteiger partial charge in [-0.2, -0.15) is 5.10 Å². The molecular weight excluding hydrogens is 194 g/mol. The number of carbonyl (C=O) groups is 1. The number of hydrogen-bond donors (Lipinski definition) is 1. The maximum Gasteiger partial charge on any atom is 0.427 e. The largest absolute Gasteiger partial charge is 0.449 e. The first-order valence-electron chi connectivity index (χ1n) is 5.51. The molecule has 3 aliphatic rings. The zero-order valence-corrected chi connectivity index (χ0v) is 9.03. The van der Waals surface area contributed by atoms with Gasteiger partial charge in [0.05, 0.1) is 12.3 Å². The first-order chi connectivity index (χ1) is 7.29. The topological polar surface area (TPSA) is 53.9 Å². The van der Waals surface area contributed by atoms with Crippen LogP contribution >= 0.6 is 0 Å². The summed E-state index contributed by atoms with van der Waals surface area (Å²) in [4.78, 5) is 13.4. The van der Waals surface area contributed by atoms with Crippen LogP contribution in [0.25, 0.3) is 0 Å². The third kappa shape index (κ3) is 2.47. The van der Waals surface area contributed by atoms with E-state index in [0.717, 1.165) is 12.3 Å². The Hall–Kier alpha value is -1.10. The second kappa shape index (κ2) is 4.61. The summed E-state index contributed by atoms with van der Waals surface area (Å²) in [6.45, 7) is 5.40. The standard InChI is InChI=1S/C10H17N3O2/c1-2-15-10(14)12-11-9-7-13-5-3-8(9)4-6-13/h8H,2-7H2,1H3,(H,12,14)/b11-9+. The normalized spacial score (nSPS) is 31.7. The Morgan fingerprint density at radius 3 is 2.87 bits per heavy atom. The number of hydrazone groups is 1. The molecule has 0 atom stereocenters. The van der Waals surface area contributed by atoms with Gasteiger partial charge in [0, 0.05) is 12.5 Å². The number of nitrogens with zero attached hydrogens (tertiary/aromatic N) is 2. The Balaban J connectivity index is 1.87. The zero-order chi connectivity index (χ0) is 10.7. The molecule has 5 nitrogen and oxygen atoms in total. The van der Waals surface area contributed by atoms with Crippen molar-refractivity contribution in [2.45, 2.75) is 19.8 Å². The summed E-state index contributed by atoms with van der Waals surface area (Å²) in [7, 11) is 0. The van der Waals surface area contributed by atoms with Crippen LogP contribution in [0, 0.1) is 5.92 Å². The fraction of sp³-hybridized carbons (Fsp3) is 0.800. The van der Waals surface area contributed by atoms with Gasteiger partial charge in [-0.1, -0.05) is 0 Å². The van der Waals surface area contributed by atoms with Gasteiger partial charge in [0.25, 0.3) is 0 Å². The quantitative estimate of drug-likeness (QED) is 0.688. The number of fused-ring (bicyclic) bond motifs is 3. The van der Waals surface area contributed by atoms with Crippen molar-refractivity contribution in [1.29, 1.82) is 0 Å². The summed E-state index contributed by atoms with van der Waals surface area (Å²) in [5, 5.41) is 4.13. The lowest BCUT2D eigenvalue weighted by Crippen LogP contribution is -2.48. The van der Waals surface area contributed by atoms with Crippen molar-refractivity contribution in [1.82, 2.24) is 10.3 Å². The third-order valence-corrected chi connectivity index (χ3v) is 3.01. The van der Waals surface area contributed by atoms with E-state index in [9.17, 15) is 4.79 Å². The van der Waals surface area contributed by atoms with Gasteiger partial charge in [-0.25, -0.2) is 10.2 Å². The van der Waals surface area contributed by atoms with Crippen LogP contribution in [-0.2, 0) is 4.74 Å². The number of ether oxygens (including phenoxy) is 1. The highest BCUT2D eigenvalue weighted by atomic mass is 16.5. The summed E-state index contributed by atoms with van der Waals surface area (Å²) in [5.41, 5.74) is 3.54. The molecule has 84 valence electrons. The molecule has 0 unspecified atom stereocenters. The lowest BCUT2D eigenvalue weighted by molar-refractivity contribution is 0.152. The van der Waals surface area contributed by atoms with Gasteiger partial charge in [0.2, 0.25) is 0 Å². The van der Waals surface area contributed by atoms with Crippen molar-refractivity contribution < 1.29 is 9.53 Å². The van der Waals surface area contributed by atoms with Gasteiger partial charge < -0.3 is 4.74 Å². The Kier molecular flexibility index (Phi) is 3.20. The molecule has 0 radical (unpaired) electrons. The highest BCUT2D eigenvalue weighted by molar-refractivity contribution is 5.90. The molecular formula is C10H17N3O2. The Morgan fingerprint density at radius 2 is 2.33 bits per heavy atom. The van der Waals surface area contributed by atoms with Crippen LogP contribution in [0.3, 0.4) is 0 Å². The molecule has 2 bridgehead atoms. The first-order valence-corrected chi connectivity index (χ1v) is 5.51. The molecule has 3 rings (SSSR count). The molecule has 15 heavy (non-hydrogen) atoms. The molecule has 5 heteroatoms. The number of piperidine rings is 3. The number of hydrogen-bond acceptors (Lipinski definition) is 4. The van der Waals surface area contributed by atoms with Gasteiger partial charge in [0.1, 0.15) is 0 Å². The Labute approximate surface area is 89.5 Å². The van der Waals surface area contributed by atoms with E-state index in [1.54, 1.807) is 6.92 Å². The van der Waals surface area contributed by atoms with Crippen molar-refractivity contribution in [3.8, 4) is 0 Å². The summed E-state index contributed by atoms with van der Waals surface area (Å²) in [6.07, 6.45) is 1.88. The van der Waals surface area contributed by atoms with Crippen molar-refractivity contribution >= 4 is 11.8 Å². The molecule has 0 saturated carbocycles. The number of carbonyl (C=O) groups excluding carboxylic acids is 1. The minimum Gasteiger partial charge on any atom is -0.449 e. The molecule has 1 amide bonds. The Bertz CT molecular complexity index is 270. The average molecular weight is 211 g/mol. The zero-order valence-electron chi connectivity index (χ0n) is 9.03. The summed E-state index contributed by atoms with van der Waals surface area (Å²) in [6, 6.07) is 0. The minimum absolute atomic E-state index is 0.381. The van der Waals surface area contributed by atoms with Gasteiger partial charge >= 0.3 is 6.09 Å². The molecule has 0 aliphatic carbocycles. The summed E-state index contributed by atoms with van der Waals surface area (Å²) in [5.74, 6) is 0.567. The van der Waals surface area contributed by atoms with E-state index in [-0.39, 0.29) is 0 Å². The first kappa shape index (κ1) is 10.4. The predicted molar refractivity (Wildman–Crippen MR) is 56.8 cm³/mol. The maximum absolute atomic E-state index is 11.0. The van der Waals surface area contributed by atoms with Crippen molar-refractivity contribution in [2.75, 3.05) is 26.2 Å². The SMILES string of the molecule is CCOC(=O)N/N=C1\CN2CCC1CC2. The van der Waals surface area contributed by atoms with E-state index in [4.69, 9.17) is 4.74 Å². The van der Waals surface area contributed by atoms with Gasteiger partial charge in [-0.3, -0.25) is 4.90 Å². The smallest absolute Gasteiger partial charge is 0.427 e. The lowest BCUT2D eigenvalue weighted by Gasteiger charge is -2.39. The van der Waals surface area contributed by atoms with E-state index >= 15 is 0 Å². The molecule has 0 spiro atoms. The Morgan fingerprint density at radius 1 is 1.60 bits per heavy atom. The van der Waals surface area contributed by atoms with E-state index in [1.165, 1.54) is 25.9 Å². The van der Waals surface area contributed by atoms with Crippen LogP contribution in [-0.4, -0.2) is 42.9 Å². The van der Waals surface area contributed by atoms with E-state index in [0.29, 0.717) is 12.5 Å². The van der Waals surface area contributed by atoms with Crippen LogP contribution in [0.1, 0.15) is 19.8 Å². The van der Waals surface area contributed by atoms with Crippen LogP contribution in [0.15, 0.2) is 5.10 Å². The molecule has 3 aliphatic heterocycles. The number of nitrogens with one attached hydrogen (secondary N) is 1. The summed E-state index contributed by atoms with van der Waals surface area (Å²) >= 11 is 0. The number of amides is 1. The van der Waals surface area contributed by atoms with Crippen molar-refractivity contribution in [2.24, 2.45) is 11.0 Å². The molecule has 0 aromatic rings. The summed E-state index contributed by atoms with van der Waals surface area (Å²) < 4.78 is 4.74.